The second-order valence-electron chi connectivity index (χ2n) is 4.69. The molecule has 0 N–H and O–H groups in total. The Labute approximate surface area is 110 Å². The van der Waals surface area contributed by atoms with Crippen molar-refractivity contribution in [1.82, 2.24) is 19.5 Å². The Morgan fingerprint density at radius 2 is 2.28 bits per heavy atom. The molecule has 0 aliphatic heterocycles. The average molecular weight is 266 g/mol. The van der Waals surface area contributed by atoms with Crippen LogP contribution in [0.25, 0.3) is 11.2 Å². The van der Waals surface area contributed by atoms with Crippen LogP contribution in [0.5, 0.6) is 0 Å². The fourth-order valence-corrected chi connectivity index (χ4v) is 2.89. The van der Waals surface area contributed by atoms with E-state index in [-0.39, 0.29) is 0 Å². The van der Waals surface area contributed by atoms with E-state index in [4.69, 9.17) is 16.3 Å². The van der Waals surface area contributed by atoms with Crippen molar-refractivity contribution in [3.63, 3.8) is 0 Å². The molecule has 3 rings (SSSR count). The van der Waals surface area contributed by atoms with E-state index in [9.17, 15) is 0 Å². The van der Waals surface area contributed by atoms with Crippen LogP contribution in [0.1, 0.15) is 25.3 Å². The number of hydrogen-bond acceptors (Lipinski definition) is 4. The van der Waals surface area contributed by atoms with Crippen LogP contribution in [0, 0.1) is 13.0 Å². The smallest absolute Gasteiger partial charge is 0.165 e. The number of imidazole rings is 1. The summed E-state index contributed by atoms with van der Waals surface area (Å²) in [6, 6.07) is 0.418. The van der Waals surface area contributed by atoms with Gasteiger partial charge in [0.05, 0.1) is 13.4 Å². The maximum atomic E-state index is 6.00. The fourth-order valence-electron chi connectivity index (χ4n) is 2.71. The number of ether oxygens (including phenoxy) is 1. The first-order valence-corrected chi connectivity index (χ1v) is 6.37. The fraction of sp³-hybridized carbons (Fsp3) is 0.500. The summed E-state index contributed by atoms with van der Waals surface area (Å²) in [5, 5.41) is 0.411. The van der Waals surface area contributed by atoms with Crippen LogP contribution in [-0.2, 0) is 4.74 Å². The molecule has 95 valence electrons. The summed E-state index contributed by atoms with van der Waals surface area (Å²) in [5.41, 5.74) is 1.49. The number of halogens is 1. The molecule has 1 saturated carbocycles. The van der Waals surface area contributed by atoms with Gasteiger partial charge in [0.25, 0.3) is 0 Å². The summed E-state index contributed by atoms with van der Waals surface area (Å²) in [6.45, 7) is 0.721. The summed E-state index contributed by atoms with van der Waals surface area (Å²) in [5.74, 6) is 0.572. The number of rotatable bonds is 3. The van der Waals surface area contributed by atoms with Gasteiger partial charge in [0, 0.05) is 12.6 Å². The Bertz CT molecular complexity index is 556. The van der Waals surface area contributed by atoms with Crippen LogP contribution in [0.4, 0.5) is 0 Å². The summed E-state index contributed by atoms with van der Waals surface area (Å²) in [4.78, 5) is 12.5. The van der Waals surface area contributed by atoms with Crippen LogP contribution in [0.3, 0.4) is 0 Å². The molecule has 0 saturated heterocycles. The van der Waals surface area contributed by atoms with Gasteiger partial charge in [0.15, 0.2) is 10.8 Å². The van der Waals surface area contributed by atoms with Gasteiger partial charge >= 0.3 is 0 Å². The van der Waals surface area contributed by atoms with Gasteiger partial charge in [-0.3, -0.25) is 0 Å². The molecule has 6 heteroatoms. The highest BCUT2D eigenvalue weighted by molar-refractivity contribution is 6.33. The monoisotopic (exact) mass is 265 g/mol. The minimum absolute atomic E-state index is 0.411. The summed E-state index contributed by atoms with van der Waals surface area (Å²) < 4.78 is 7.08. The van der Waals surface area contributed by atoms with Crippen LogP contribution in [-0.4, -0.2) is 26.1 Å². The number of fused-ring (bicyclic) bond motifs is 1. The molecule has 2 atom stereocenters. The Kier molecular flexibility index (Phi) is 3.18. The lowest BCUT2D eigenvalue weighted by Gasteiger charge is -2.12. The highest BCUT2D eigenvalue weighted by Gasteiger charge is 2.27. The standard InChI is InChI=1S/C12H14ClN4O/c1-18-5-8-2-3-9(4-8)17-7-16-10-11(13)14-6-15-12(10)17/h6-9H,1-5H2. The van der Waals surface area contributed by atoms with E-state index in [2.05, 4.69) is 26.6 Å². The second kappa shape index (κ2) is 4.82. The van der Waals surface area contributed by atoms with E-state index in [1.807, 2.05) is 6.33 Å². The van der Waals surface area contributed by atoms with Crippen molar-refractivity contribution in [3.8, 4) is 0 Å². The van der Waals surface area contributed by atoms with E-state index < -0.39 is 0 Å². The van der Waals surface area contributed by atoms with Crippen molar-refractivity contribution >= 4 is 22.8 Å². The minimum Gasteiger partial charge on any atom is -0.379 e. The minimum atomic E-state index is 0.411. The first-order chi connectivity index (χ1) is 8.79. The van der Waals surface area contributed by atoms with Gasteiger partial charge in [-0.2, -0.15) is 0 Å². The highest BCUT2D eigenvalue weighted by atomic mass is 35.5. The first kappa shape index (κ1) is 11.9. The lowest BCUT2D eigenvalue weighted by molar-refractivity contribution is 0.188. The van der Waals surface area contributed by atoms with Crippen LogP contribution >= 0.6 is 11.6 Å². The Balaban J connectivity index is 1.89. The summed E-state index contributed by atoms with van der Waals surface area (Å²) in [7, 11) is 3.44. The third kappa shape index (κ3) is 1.97. The molecule has 0 bridgehead atoms. The second-order valence-corrected chi connectivity index (χ2v) is 5.05. The molecule has 1 aliphatic carbocycles. The van der Waals surface area contributed by atoms with E-state index in [0.29, 0.717) is 22.6 Å². The van der Waals surface area contributed by atoms with Crippen LogP contribution in [0.2, 0.25) is 5.15 Å². The average Bonchev–Trinajstić information content (AvgIpc) is 2.96. The molecule has 0 spiro atoms. The van der Waals surface area contributed by atoms with Crippen molar-refractivity contribution in [1.29, 1.82) is 0 Å². The van der Waals surface area contributed by atoms with E-state index in [1.54, 1.807) is 0 Å². The van der Waals surface area contributed by atoms with Crippen molar-refractivity contribution in [2.75, 3.05) is 6.61 Å². The molecule has 2 unspecified atom stereocenters. The third-order valence-corrected chi connectivity index (χ3v) is 3.85. The SMILES string of the molecule is [CH2]OCC1CCC(n2cnc3c(Cl)ncnc32)C1. The van der Waals surface area contributed by atoms with E-state index in [1.165, 1.54) is 6.33 Å². The van der Waals surface area contributed by atoms with Crippen LogP contribution < -0.4 is 0 Å². The molecule has 1 radical (unpaired) electrons. The number of hydrogen-bond donors (Lipinski definition) is 0. The molecule has 2 aromatic rings. The summed E-state index contributed by atoms with van der Waals surface area (Å²) >= 11 is 6.00. The van der Waals surface area contributed by atoms with Gasteiger partial charge in [0.2, 0.25) is 0 Å². The highest BCUT2D eigenvalue weighted by Crippen LogP contribution is 2.36. The molecular formula is C12H14ClN4O. The Hall–Kier alpha value is -1.20. The van der Waals surface area contributed by atoms with Crippen LogP contribution in [0.15, 0.2) is 12.7 Å². The molecule has 1 fully saturated rings. The van der Waals surface area contributed by atoms with Crippen molar-refractivity contribution in [2.24, 2.45) is 5.92 Å². The molecule has 2 aromatic heterocycles. The molecule has 0 amide bonds. The predicted octanol–water partition coefficient (Wildman–Crippen LogP) is 2.63. The van der Waals surface area contributed by atoms with Gasteiger partial charge < -0.3 is 9.30 Å². The van der Waals surface area contributed by atoms with Gasteiger partial charge in [-0.1, -0.05) is 11.6 Å². The number of nitrogens with zero attached hydrogens (tertiary/aromatic N) is 4. The van der Waals surface area contributed by atoms with Gasteiger partial charge in [-0.25, -0.2) is 15.0 Å². The van der Waals surface area contributed by atoms with Gasteiger partial charge in [-0.05, 0) is 25.2 Å². The van der Waals surface area contributed by atoms with E-state index >= 15 is 0 Å². The molecule has 1 aliphatic rings. The maximum Gasteiger partial charge on any atom is 0.165 e. The largest absolute Gasteiger partial charge is 0.379 e. The molecule has 18 heavy (non-hydrogen) atoms. The Morgan fingerprint density at radius 1 is 1.39 bits per heavy atom. The zero-order valence-electron chi connectivity index (χ0n) is 9.92. The zero-order chi connectivity index (χ0) is 12.5. The Morgan fingerprint density at radius 3 is 3.11 bits per heavy atom. The van der Waals surface area contributed by atoms with E-state index in [0.717, 1.165) is 31.5 Å². The lowest BCUT2D eigenvalue weighted by atomic mass is 10.1. The van der Waals surface area contributed by atoms with Crippen molar-refractivity contribution < 1.29 is 4.74 Å². The first-order valence-electron chi connectivity index (χ1n) is 5.99. The van der Waals surface area contributed by atoms with Gasteiger partial charge in [-0.15, -0.1) is 0 Å². The number of aromatic nitrogens is 4. The van der Waals surface area contributed by atoms with Gasteiger partial charge in [0.1, 0.15) is 11.8 Å². The quantitative estimate of drug-likeness (QED) is 0.801. The third-order valence-electron chi connectivity index (χ3n) is 3.57. The van der Waals surface area contributed by atoms with Crippen molar-refractivity contribution in [2.45, 2.75) is 25.3 Å². The molecular weight excluding hydrogens is 252 g/mol. The molecule has 2 heterocycles. The zero-order valence-corrected chi connectivity index (χ0v) is 10.7. The topological polar surface area (TPSA) is 52.8 Å². The maximum absolute atomic E-state index is 6.00. The lowest BCUT2D eigenvalue weighted by Crippen LogP contribution is -2.07. The summed E-state index contributed by atoms with van der Waals surface area (Å²) in [6.07, 6.45) is 6.63. The molecule has 5 nitrogen and oxygen atoms in total. The predicted molar refractivity (Wildman–Crippen MR) is 68.0 cm³/mol. The molecule has 0 aromatic carbocycles. The van der Waals surface area contributed by atoms with Crippen molar-refractivity contribution in [3.05, 3.63) is 24.9 Å². The normalized spacial score (nSPS) is 23.9.